The van der Waals surface area contributed by atoms with E-state index in [1.165, 1.54) is 18.4 Å². The number of anilines is 1. The van der Waals surface area contributed by atoms with Gasteiger partial charge in [0.2, 0.25) is 5.91 Å². The molecule has 0 spiro atoms. The van der Waals surface area contributed by atoms with Crippen LogP contribution in [0.3, 0.4) is 0 Å². The zero-order valence-electron chi connectivity index (χ0n) is 11.2. The Kier molecular flexibility index (Phi) is 4.86. The lowest BCUT2D eigenvalue weighted by Crippen LogP contribution is -2.39. The van der Waals surface area contributed by atoms with Gasteiger partial charge in [0.05, 0.1) is 19.3 Å². The summed E-state index contributed by atoms with van der Waals surface area (Å²) in [5, 5.41) is 4.43. The Balaban J connectivity index is 1.90. The topological polar surface area (TPSA) is 75.7 Å². The highest BCUT2D eigenvalue weighted by Gasteiger charge is 2.20. The molecule has 0 unspecified atom stereocenters. The summed E-state index contributed by atoms with van der Waals surface area (Å²) >= 11 is 1.22. The molecule has 7 heteroatoms. The Morgan fingerprint density at radius 3 is 2.75 bits per heavy atom. The van der Waals surface area contributed by atoms with Gasteiger partial charge in [0.15, 0.2) is 0 Å². The van der Waals surface area contributed by atoms with Crippen molar-refractivity contribution in [2.75, 3.05) is 32.1 Å². The number of nitrogens with zero attached hydrogens (tertiary/aromatic N) is 1. The van der Waals surface area contributed by atoms with Crippen LogP contribution in [0.25, 0.3) is 0 Å². The molecule has 1 fully saturated rings. The molecule has 1 aliphatic heterocycles. The first-order valence-corrected chi connectivity index (χ1v) is 7.18. The molecule has 2 heterocycles. The summed E-state index contributed by atoms with van der Waals surface area (Å²) in [6.07, 6.45) is 0.998. The molecule has 0 aromatic carbocycles. The minimum Gasteiger partial charge on any atom is -0.465 e. The summed E-state index contributed by atoms with van der Waals surface area (Å²) in [6, 6.07) is 1.68. The average molecular weight is 296 g/mol. The van der Waals surface area contributed by atoms with Crippen molar-refractivity contribution in [3.63, 3.8) is 0 Å². The maximum Gasteiger partial charge on any atom is 0.350 e. The van der Waals surface area contributed by atoms with Gasteiger partial charge in [-0.3, -0.25) is 14.5 Å². The molecule has 20 heavy (non-hydrogen) atoms. The Morgan fingerprint density at radius 2 is 2.10 bits per heavy atom. The van der Waals surface area contributed by atoms with Gasteiger partial charge in [0, 0.05) is 25.9 Å². The van der Waals surface area contributed by atoms with Crippen LogP contribution in [0.1, 0.15) is 22.5 Å². The van der Waals surface area contributed by atoms with E-state index in [-0.39, 0.29) is 18.2 Å². The molecule has 0 bridgehead atoms. The molecule has 0 aliphatic carbocycles. The molecule has 1 aromatic rings. The van der Waals surface area contributed by atoms with E-state index in [2.05, 4.69) is 10.1 Å². The molecule has 1 saturated heterocycles. The number of hydrogen-bond donors (Lipinski definition) is 1. The molecule has 0 saturated carbocycles. The van der Waals surface area contributed by atoms with Crippen LogP contribution in [0.4, 0.5) is 5.69 Å². The fourth-order valence-electron chi connectivity index (χ4n) is 2.01. The number of esters is 1. The standard InChI is InChI=1S/C13H16N2O4S/c1-19-13(18)12-10(4-7-20-12)14-11(17)8-15-5-2-9(16)3-6-15/h4,7H,2-3,5-6,8H2,1H3,(H,14,17). The third kappa shape index (κ3) is 3.64. The summed E-state index contributed by atoms with van der Waals surface area (Å²) in [7, 11) is 1.30. The molecule has 0 atom stereocenters. The first kappa shape index (κ1) is 14.7. The summed E-state index contributed by atoms with van der Waals surface area (Å²) < 4.78 is 4.65. The van der Waals surface area contributed by atoms with E-state index < -0.39 is 5.97 Å². The molecular weight excluding hydrogens is 280 g/mol. The molecule has 1 N–H and O–H groups in total. The first-order valence-electron chi connectivity index (χ1n) is 6.30. The molecule has 1 amide bonds. The van der Waals surface area contributed by atoms with Crippen LogP contribution in [0, 0.1) is 0 Å². The van der Waals surface area contributed by atoms with Crippen LogP contribution in [0.2, 0.25) is 0 Å². The smallest absolute Gasteiger partial charge is 0.350 e. The van der Waals surface area contributed by atoms with Gasteiger partial charge in [0.1, 0.15) is 10.7 Å². The fraction of sp³-hybridized carbons (Fsp3) is 0.462. The number of carbonyl (C=O) groups is 3. The van der Waals surface area contributed by atoms with Crippen molar-refractivity contribution in [1.29, 1.82) is 0 Å². The van der Waals surface area contributed by atoms with E-state index in [9.17, 15) is 14.4 Å². The van der Waals surface area contributed by atoms with Crippen molar-refractivity contribution in [3.05, 3.63) is 16.3 Å². The van der Waals surface area contributed by atoms with Crippen LogP contribution < -0.4 is 5.32 Å². The average Bonchev–Trinajstić information content (AvgIpc) is 2.88. The van der Waals surface area contributed by atoms with Gasteiger partial charge in [-0.2, -0.15) is 0 Å². The second kappa shape index (κ2) is 6.62. The predicted molar refractivity (Wildman–Crippen MR) is 75.0 cm³/mol. The van der Waals surface area contributed by atoms with E-state index >= 15 is 0 Å². The fourth-order valence-corrected chi connectivity index (χ4v) is 2.78. The highest BCUT2D eigenvalue weighted by atomic mass is 32.1. The Morgan fingerprint density at radius 1 is 1.40 bits per heavy atom. The monoisotopic (exact) mass is 296 g/mol. The lowest BCUT2D eigenvalue weighted by Gasteiger charge is -2.24. The molecule has 1 aliphatic rings. The van der Waals surface area contributed by atoms with Crippen LogP contribution in [-0.4, -0.2) is 49.3 Å². The molecule has 0 radical (unpaired) electrons. The summed E-state index contributed by atoms with van der Waals surface area (Å²) in [5.74, 6) is -0.408. The molecule has 6 nitrogen and oxygen atoms in total. The van der Waals surface area contributed by atoms with Crippen molar-refractivity contribution < 1.29 is 19.1 Å². The van der Waals surface area contributed by atoms with E-state index in [1.54, 1.807) is 11.4 Å². The highest BCUT2D eigenvalue weighted by Crippen LogP contribution is 2.23. The predicted octanol–water partition coefficient (Wildman–Crippen LogP) is 1.14. The normalized spacial score (nSPS) is 15.9. The third-order valence-corrected chi connectivity index (χ3v) is 3.99. The van der Waals surface area contributed by atoms with Gasteiger partial charge in [-0.1, -0.05) is 0 Å². The number of rotatable bonds is 4. The molecule has 1 aromatic heterocycles. The van der Waals surface area contributed by atoms with Crippen LogP contribution >= 0.6 is 11.3 Å². The van der Waals surface area contributed by atoms with E-state index in [1.807, 2.05) is 4.90 Å². The van der Waals surface area contributed by atoms with Crippen LogP contribution in [-0.2, 0) is 14.3 Å². The van der Waals surface area contributed by atoms with Gasteiger partial charge >= 0.3 is 5.97 Å². The number of Topliss-reactive ketones (excluding diaryl/α,β-unsaturated/α-hetero) is 1. The minimum absolute atomic E-state index is 0.192. The van der Waals surface area contributed by atoms with Crippen molar-refractivity contribution in [2.24, 2.45) is 0 Å². The lowest BCUT2D eigenvalue weighted by atomic mass is 10.1. The number of piperidine rings is 1. The maximum atomic E-state index is 11.9. The summed E-state index contributed by atoms with van der Waals surface area (Å²) in [5.41, 5.74) is 0.472. The van der Waals surface area contributed by atoms with E-state index in [0.29, 0.717) is 36.5 Å². The molecule has 108 valence electrons. The van der Waals surface area contributed by atoms with Gasteiger partial charge in [-0.25, -0.2) is 4.79 Å². The number of ether oxygens (including phenoxy) is 1. The highest BCUT2D eigenvalue weighted by molar-refractivity contribution is 7.12. The number of thiophene rings is 1. The zero-order valence-corrected chi connectivity index (χ0v) is 12.0. The number of carbonyl (C=O) groups excluding carboxylic acids is 3. The van der Waals surface area contributed by atoms with Crippen LogP contribution in [0.5, 0.6) is 0 Å². The van der Waals surface area contributed by atoms with Crippen molar-refractivity contribution in [3.8, 4) is 0 Å². The second-order valence-corrected chi connectivity index (χ2v) is 5.43. The number of methoxy groups -OCH3 is 1. The van der Waals surface area contributed by atoms with E-state index in [0.717, 1.165) is 0 Å². The summed E-state index contributed by atoms with van der Waals surface area (Å²) in [4.78, 5) is 36.9. The Labute approximate surface area is 120 Å². The largest absolute Gasteiger partial charge is 0.465 e. The summed E-state index contributed by atoms with van der Waals surface area (Å²) in [6.45, 7) is 1.45. The van der Waals surface area contributed by atoms with Crippen LogP contribution in [0.15, 0.2) is 11.4 Å². The Hall–Kier alpha value is -1.73. The third-order valence-electron chi connectivity index (χ3n) is 3.09. The minimum atomic E-state index is -0.459. The quantitative estimate of drug-likeness (QED) is 0.843. The number of nitrogens with one attached hydrogen (secondary N) is 1. The van der Waals surface area contributed by atoms with Crippen molar-refractivity contribution in [2.45, 2.75) is 12.8 Å². The number of hydrogen-bond acceptors (Lipinski definition) is 6. The number of ketones is 1. The van der Waals surface area contributed by atoms with E-state index in [4.69, 9.17) is 0 Å². The Bertz CT molecular complexity index is 516. The first-order chi connectivity index (χ1) is 9.60. The zero-order chi connectivity index (χ0) is 14.5. The maximum absolute atomic E-state index is 11.9. The van der Waals surface area contributed by atoms with Gasteiger partial charge < -0.3 is 10.1 Å². The SMILES string of the molecule is COC(=O)c1sccc1NC(=O)CN1CCC(=O)CC1. The molecule has 2 rings (SSSR count). The van der Waals surface area contributed by atoms with Crippen molar-refractivity contribution in [1.82, 2.24) is 4.90 Å². The van der Waals surface area contributed by atoms with Gasteiger partial charge in [-0.15, -0.1) is 11.3 Å². The van der Waals surface area contributed by atoms with Gasteiger partial charge in [0.25, 0.3) is 0 Å². The second-order valence-electron chi connectivity index (χ2n) is 4.52. The number of amides is 1. The number of likely N-dealkylation sites (tertiary alicyclic amines) is 1. The van der Waals surface area contributed by atoms with Crippen molar-refractivity contribution >= 4 is 34.7 Å². The molecular formula is C13H16N2O4S. The lowest BCUT2D eigenvalue weighted by molar-refractivity contribution is -0.124. The van der Waals surface area contributed by atoms with Gasteiger partial charge in [-0.05, 0) is 11.4 Å².